The number of para-hydroxylation sites is 1. The molecule has 0 saturated heterocycles. The number of amides is 1. The Bertz CT molecular complexity index is 998. The Labute approximate surface area is 145 Å². The quantitative estimate of drug-likeness (QED) is 0.767. The lowest BCUT2D eigenvalue weighted by atomic mass is 9.98. The number of benzene rings is 1. The molecule has 0 unspecified atom stereocenters. The van der Waals surface area contributed by atoms with Crippen molar-refractivity contribution in [1.82, 2.24) is 14.5 Å². The molecular weight excluding hydrogens is 316 g/mol. The van der Waals surface area contributed by atoms with Crippen LogP contribution in [0.2, 0.25) is 0 Å². The molecule has 2 heterocycles. The molecule has 1 amide bonds. The number of rotatable bonds is 4. The van der Waals surface area contributed by atoms with Gasteiger partial charge >= 0.3 is 0 Å². The molecule has 2 N–H and O–H groups in total. The van der Waals surface area contributed by atoms with E-state index >= 15 is 0 Å². The van der Waals surface area contributed by atoms with Crippen molar-refractivity contribution in [2.24, 2.45) is 0 Å². The van der Waals surface area contributed by atoms with Crippen LogP contribution in [-0.2, 0) is 11.3 Å². The van der Waals surface area contributed by atoms with E-state index in [-0.39, 0.29) is 18.0 Å². The summed E-state index contributed by atoms with van der Waals surface area (Å²) in [5, 5.41) is 3.45. The van der Waals surface area contributed by atoms with Gasteiger partial charge in [0.25, 0.3) is 5.56 Å². The van der Waals surface area contributed by atoms with Crippen LogP contribution >= 0.6 is 0 Å². The number of nitrogens with zero attached hydrogens (tertiary/aromatic N) is 2. The number of anilines is 1. The highest BCUT2D eigenvalue weighted by Crippen LogP contribution is 2.27. The molecule has 0 bridgehead atoms. The minimum absolute atomic E-state index is 0.0716. The van der Waals surface area contributed by atoms with Gasteiger partial charge in [0.15, 0.2) is 0 Å². The summed E-state index contributed by atoms with van der Waals surface area (Å²) in [7, 11) is 0. The molecule has 3 aromatic rings. The Morgan fingerprint density at radius 2 is 2.08 bits per heavy atom. The summed E-state index contributed by atoms with van der Waals surface area (Å²) in [5.41, 5.74) is 4.08. The summed E-state index contributed by atoms with van der Waals surface area (Å²) < 4.78 is 1.33. The zero-order chi connectivity index (χ0) is 18.1. The predicted octanol–water partition coefficient (Wildman–Crippen LogP) is 3.10. The summed E-state index contributed by atoms with van der Waals surface area (Å²) in [6.07, 6.45) is 1.40. The number of aromatic nitrogens is 3. The molecule has 6 nitrogen and oxygen atoms in total. The van der Waals surface area contributed by atoms with Crippen molar-refractivity contribution in [3.8, 4) is 0 Å². The van der Waals surface area contributed by atoms with Gasteiger partial charge in [0.1, 0.15) is 18.5 Å². The largest absolute Gasteiger partial charge is 0.343 e. The Hall–Kier alpha value is -2.89. The SMILES string of the molecule is Cc1cc2c(=O)n(CC(=O)Nc3c(C)cccc3C(C)C)cnc2[nH]1. The Kier molecular flexibility index (Phi) is 4.44. The van der Waals surface area contributed by atoms with Crippen molar-refractivity contribution in [2.45, 2.75) is 40.2 Å². The maximum atomic E-state index is 12.5. The van der Waals surface area contributed by atoms with E-state index in [1.54, 1.807) is 6.07 Å². The van der Waals surface area contributed by atoms with Crippen molar-refractivity contribution in [2.75, 3.05) is 5.32 Å². The molecule has 0 aliphatic heterocycles. The van der Waals surface area contributed by atoms with Gasteiger partial charge in [-0.2, -0.15) is 0 Å². The fourth-order valence-corrected chi connectivity index (χ4v) is 2.96. The van der Waals surface area contributed by atoms with Crippen molar-refractivity contribution >= 4 is 22.6 Å². The summed E-state index contributed by atoms with van der Waals surface area (Å²) >= 11 is 0. The number of aromatic amines is 1. The lowest BCUT2D eigenvalue weighted by Crippen LogP contribution is -2.28. The lowest BCUT2D eigenvalue weighted by molar-refractivity contribution is -0.116. The highest BCUT2D eigenvalue weighted by Gasteiger charge is 2.14. The first-order valence-electron chi connectivity index (χ1n) is 8.31. The van der Waals surface area contributed by atoms with Gasteiger partial charge in [-0.05, 0) is 37.0 Å². The van der Waals surface area contributed by atoms with Gasteiger partial charge in [-0.3, -0.25) is 14.2 Å². The van der Waals surface area contributed by atoms with Crippen LogP contribution in [0.1, 0.15) is 36.6 Å². The molecule has 0 saturated carbocycles. The molecular formula is C19H22N4O2. The molecule has 0 fully saturated rings. The van der Waals surface area contributed by atoms with E-state index in [0.717, 1.165) is 22.5 Å². The summed E-state index contributed by atoms with van der Waals surface area (Å²) in [4.78, 5) is 32.2. The second-order valence-corrected chi connectivity index (χ2v) is 6.63. The average Bonchev–Trinajstić information content (AvgIpc) is 2.93. The molecule has 6 heteroatoms. The van der Waals surface area contributed by atoms with E-state index in [2.05, 4.69) is 29.1 Å². The van der Waals surface area contributed by atoms with Crippen molar-refractivity contribution < 1.29 is 4.79 Å². The summed E-state index contributed by atoms with van der Waals surface area (Å²) in [6.45, 7) is 7.92. The number of H-pyrrole nitrogens is 1. The van der Waals surface area contributed by atoms with E-state index in [4.69, 9.17) is 0 Å². The fraction of sp³-hybridized carbons (Fsp3) is 0.316. The zero-order valence-electron chi connectivity index (χ0n) is 14.9. The maximum Gasteiger partial charge on any atom is 0.263 e. The summed E-state index contributed by atoms with van der Waals surface area (Å²) in [5.74, 6) is 0.0467. The highest BCUT2D eigenvalue weighted by molar-refractivity contribution is 5.92. The van der Waals surface area contributed by atoms with E-state index in [9.17, 15) is 9.59 Å². The molecule has 25 heavy (non-hydrogen) atoms. The average molecular weight is 338 g/mol. The predicted molar refractivity (Wildman–Crippen MR) is 99.0 cm³/mol. The third-order valence-corrected chi connectivity index (χ3v) is 4.25. The number of hydrogen-bond acceptors (Lipinski definition) is 3. The standard InChI is InChI=1S/C19H22N4O2/c1-11(2)14-7-5-6-12(3)17(14)22-16(24)9-23-10-20-18-15(19(23)25)8-13(4)21-18/h5-8,10-11,21H,9H2,1-4H3,(H,22,24). The Balaban J connectivity index is 1.87. The molecule has 0 atom stereocenters. The van der Waals surface area contributed by atoms with Gasteiger partial charge in [-0.15, -0.1) is 0 Å². The smallest absolute Gasteiger partial charge is 0.263 e. The van der Waals surface area contributed by atoms with Crippen molar-refractivity contribution in [1.29, 1.82) is 0 Å². The van der Waals surface area contributed by atoms with Crippen LogP contribution < -0.4 is 10.9 Å². The van der Waals surface area contributed by atoms with Crippen LogP contribution in [0.3, 0.4) is 0 Å². The molecule has 2 aromatic heterocycles. The third kappa shape index (κ3) is 3.33. The Morgan fingerprint density at radius 1 is 1.32 bits per heavy atom. The number of fused-ring (bicyclic) bond motifs is 1. The summed E-state index contributed by atoms with van der Waals surface area (Å²) in [6, 6.07) is 7.70. The first-order chi connectivity index (χ1) is 11.9. The van der Waals surface area contributed by atoms with Crippen molar-refractivity contribution in [3.63, 3.8) is 0 Å². The van der Waals surface area contributed by atoms with E-state index in [1.807, 2.05) is 32.0 Å². The fourth-order valence-electron chi connectivity index (χ4n) is 2.96. The minimum atomic E-state index is -0.244. The van der Waals surface area contributed by atoms with Crippen LogP contribution in [0.5, 0.6) is 0 Å². The topological polar surface area (TPSA) is 79.8 Å². The van der Waals surface area contributed by atoms with Gasteiger partial charge in [0.05, 0.1) is 5.39 Å². The van der Waals surface area contributed by atoms with Gasteiger partial charge in [-0.25, -0.2) is 4.98 Å². The number of carbonyl (C=O) groups is 1. The molecule has 0 aliphatic carbocycles. The van der Waals surface area contributed by atoms with Gasteiger partial charge in [0, 0.05) is 11.4 Å². The number of hydrogen-bond donors (Lipinski definition) is 2. The van der Waals surface area contributed by atoms with E-state index < -0.39 is 0 Å². The highest BCUT2D eigenvalue weighted by atomic mass is 16.2. The molecule has 1 aromatic carbocycles. The van der Waals surface area contributed by atoms with Crippen LogP contribution in [0.15, 0.2) is 35.4 Å². The van der Waals surface area contributed by atoms with Gasteiger partial charge in [-0.1, -0.05) is 32.0 Å². The monoisotopic (exact) mass is 338 g/mol. The maximum absolute atomic E-state index is 12.5. The molecule has 0 radical (unpaired) electrons. The molecule has 0 spiro atoms. The van der Waals surface area contributed by atoms with Crippen molar-refractivity contribution in [3.05, 3.63) is 57.8 Å². The number of carbonyl (C=O) groups excluding carboxylic acids is 1. The molecule has 0 aliphatic rings. The number of nitrogens with one attached hydrogen (secondary N) is 2. The van der Waals surface area contributed by atoms with Gasteiger partial charge < -0.3 is 10.3 Å². The molecule has 3 rings (SSSR count). The first-order valence-corrected chi connectivity index (χ1v) is 8.31. The Morgan fingerprint density at radius 3 is 2.80 bits per heavy atom. The third-order valence-electron chi connectivity index (χ3n) is 4.25. The number of aryl methyl sites for hydroxylation is 2. The lowest BCUT2D eigenvalue weighted by Gasteiger charge is -2.16. The second kappa shape index (κ2) is 6.55. The second-order valence-electron chi connectivity index (χ2n) is 6.63. The van der Waals surface area contributed by atoms with Crippen LogP contribution in [0, 0.1) is 13.8 Å². The minimum Gasteiger partial charge on any atom is -0.343 e. The van der Waals surface area contributed by atoms with Crippen LogP contribution in [-0.4, -0.2) is 20.4 Å². The normalized spacial score (nSPS) is 11.2. The van der Waals surface area contributed by atoms with Crippen LogP contribution in [0.4, 0.5) is 5.69 Å². The van der Waals surface area contributed by atoms with Crippen LogP contribution in [0.25, 0.3) is 11.0 Å². The molecule has 130 valence electrons. The van der Waals surface area contributed by atoms with Gasteiger partial charge in [0.2, 0.25) is 5.91 Å². The first kappa shape index (κ1) is 17.0. The van der Waals surface area contributed by atoms with E-state index in [0.29, 0.717) is 17.0 Å². The van der Waals surface area contributed by atoms with E-state index in [1.165, 1.54) is 10.9 Å². The zero-order valence-corrected chi connectivity index (χ0v) is 14.9.